The number of nitrogens with zero attached hydrogens (tertiary/aromatic N) is 4. The first-order valence-electron chi connectivity index (χ1n) is 5.47. The second-order valence-corrected chi connectivity index (χ2v) is 5.95. The Morgan fingerprint density at radius 1 is 1.59 bits per heavy atom. The van der Waals surface area contributed by atoms with Crippen molar-refractivity contribution in [2.75, 3.05) is 24.6 Å². The van der Waals surface area contributed by atoms with E-state index < -0.39 is 0 Å². The highest BCUT2D eigenvalue weighted by molar-refractivity contribution is 9.10. The van der Waals surface area contributed by atoms with Crippen molar-refractivity contribution in [2.45, 2.75) is 6.54 Å². The van der Waals surface area contributed by atoms with Crippen LogP contribution in [0.25, 0.3) is 0 Å². The third-order valence-corrected chi connectivity index (χ3v) is 4.19. The number of aryl methyl sites for hydroxylation is 1. The summed E-state index contributed by atoms with van der Waals surface area (Å²) in [7, 11) is 1.89. The van der Waals surface area contributed by atoms with E-state index >= 15 is 0 Å². The number of halogens is 1. The monoisotopic (exact) mass is 317 g/mol. The molecular weight excluding hydrogens is 302 g/mol. The molecule has 0 aromatic carbocycles. The maximum absolute atomic E-state index is 5.97. The van der Waals surface area contributed by atoms with Crippen LogP contribution in [0.3, 0.4) is 0 Å². The minimum Gasteiger partial charge on any atom is -0.370 e. The van der Waals surface area contributed by atoms with Gasteiger partial charge in [-0.25, -0.2) is 4.99 Å². The van der Waals surface area contributed by atoms with E-state index in [-0.39, 0.29) is 0 Å². The Kier molecular flexibility index (Phi) is 4.33. The van der Waals surface area contributed by atoms with Gasteiger partial charge in [-0.1, -0.05) is 0 Å². The summed E-state index contributed by atoms with van der Waals surface area (Å²) < 4.78 is 2.74. The standard InChI is InChI=1S/C10H16BrN5S/c1-15-7-8(11)9(14-15)6-13-10(12)16-2-4-17-5-3-16/h7H,2-6H2,1H3,(H2,12,13). The van der Waals surface area contributed by atoms with Crippen LogP contribution in [-0.4, -0.2) is 45.2 Å². The van der Waals surface area contributed by atoms with E-state index in [1.807, 2.05) is 25.0 Å². The number of thioether (sulfide) groups is 1. The number of aliphatic imine (C=N–C) groups is 1. The van der Waals surface area contributed by atoms with Crippen molar-refractivity contribution < 1.29 is 0 Å². The molecule has 0 saturated carbocycles. The molecule has 7 heteroatoms. The Labute approximate surface area is 114 Å². The third-order valence-electron chi connectivity index (χ3n) is 2.58. The molecule has 2 N–H and O–H groups in total. The van der Waals surface area contributed by atoms with Crippen LogP contribution in [0.2, 0.25) is 0 Å². The van der Waals surface area contributed by atoms with E-state index in [1.54, 1.807) is 4.68 Å². The molecule has 1 fully saturated rings. The number of nitrogens with two attached hydrogens (primary N) is 1. The molecule has 0 amide bonds. The predicted octanol–water partition coefficient (Wildman–Crippen LogP) is 1.05. The molecule has 1 aromatic rings. The summed E-state index contributed by atoms with van der Waals surface area (Å²) in [5, 5.41) is 4.31. The highest BCUT2D eigenvalue weighted by Gasteiger charge is 2.12. The summed E-state index contributed by atoms with van der Waals surface area (Å²) in [4.78, 5) is 6.53. The largest absolute Gasteiger partial charge is 0.370 e. The van der Waals surface area contributed by atoms with Crippen LogP contribution >= 0.6 is 27.7 Å². The lowest BCUT2D eigenvalue weighted by atomic mass is 10.4. The van der Waals surface area contributed by atoms with Crippen LogP contribution in [0, 0.1) is 0 Å². The number of aromatic nitrogens is 2. The summed E-state index contributed by atoms with van der Waals surface area (Å²) in [5.74, 6) is 2.88. The van der Waals surface area contributed by atoms with Gasteiger partial charge in [0.1, 0.15) is 0 Å². The molecule has 17 heavy (non-hydrogen) atoms. The summed E-state index contributed by atoms with van der Waals surface area (Å²) >= 11 is 5.41. The van der Waals surface area contributed by atoms with Crippen LogP contribution in [0.15, 0.2) is 15.7 Å². The second kappa shape index (κ2) is 5.77. The first kappa shape index (κ1) is 12.8. The van der Waals surface area contributed by atoms with Crippen molar-refractivity contribution >= 4 is 33.7 Å². The predicted molar refractivity (Wildman–Crippen MR) is 75.1 cm³/mol. The summed E-state index contributed by atoms with van der Waals surface area (Å²) in [6, 6.07) is 0. The van der Waals surface area contributed by atoms with Crippen molar-refractivity contribution in [2.24, 2.45) is 17.8 Å². The Hall–Kier alpha value is -0.690. The first-order valence-corrected chi connectivity index (χ1v) is 7.42. The number of rotatable bonds is 2. The first-order chi connectivity index (χ1) is 8.16. The molecule has 0 bridgehead atoms. The Balaban J connectivity index is 1.97. The lowest BCUT2D eigenvalue weighted by molar-refractivity contribution is 0.455. The molecule has 0 spiro atoms. The molecular formula is C10H16BrN5S. The number of hydrogen-bond acceptors (Lipinski definition) is 3. The molecule has 1 saturated heterocycles. The van der Waals surface area contributed by atoms with Gasteiger partial charge < -0.3 is 10.6 Å². The van der Waals surface area contributed by atoms with Crippen molar-refractivity contribution in [1.29, 1.82) is 0 Å². The molecule has 1 aromatic heterocycles. The fourth-order valence-electron chi connectivity index (χ4n) is 1.66. The van der Waals surface area contributed by atoms with E-state index in [1.165, 1.54) is 0 Å². The maximum atomic E-state index is 5.97. The summed E-state index contributed by atoms with van der Waals surface area (Å²) in [6.45, 7) is 2.50. The minimum atomic E-state index is 0.525. The Morgan fingerprint density at radius 2 is 2.29 bits per heavy atom. The van der Waals surface area contributed by atoms with E-state index in [2.05, 4.69) is 30.9 Å². The van der Waals surface area contributed by atoms with Crippen molar-refractivity contribution in [1.82, 2.24) is 14.7 Å². The quantitative estimate of drug-likeness (QED) is 0.654. The molecule has 5 nitrogen and oxygen atoms in total. The fraction of sp³-hybridized carbons (Fsp3) is 0.600. The van der Waals surface area contributed by atoms with Gasteiger partial charge in [0.25, 0.3) is 0 Å². The van der Waals surface area contributed by atoms with Crippen molar-refractivity contribution in [3.05, 3.63) is 16.4 Å². The molecule has 1 aliphatic heterocycles. The molecule has 0 atom stereocenters. The molecule has 2 rings (SSSR count). The van der Waals surface area contributed by atoms with Gasteiger partial charge in [-0.3, -0.25) is 4.68 Å². The average molecular weight is 318 g/mol. The van der Waals surface area contributed by atoms with Gasteiger partial charge in [-0.2, -0.15) is 16.9 Å². The summed E-state index contributed by atoms with van der Waals surface area (Å²) in [6.07, 6.45) is 1.92. The summed E-state index contributed by atoms with van der Waals surface area (Å²) in [5.41, 5.74) is 6.89. The van der Waals surface area contributed by atoms with Crippen LogP contribution in [0.4, 0.5) is 0 Å². The smallest absolute Gasteiger partial charge is 0.191 e. The minimum absolute atomic E-state index is 0.525. The van der Waals surface area contributed by atoms with Gasteiger partial charge in [0.2, 0.25) is 0 Å². The molecule has 0 unspecified atom stereocenters. The zero-order valence-corrected chi connectivity index (χ0v) is 12.2. The van der Waals surface area contributed by atoms with Gasteiger partial charge in [0.15, 0.2) is 5.96 Å². The van der Waals surface area contributed by atoms with E-state index in [0.29, 0.717) is 12.5 Å². The molecule has 0 radical (unpaired) electrons. The SMILES string of the molecule is Cn1cc(Br)c(CN=C(N)N2CCSCC2)n1. The lowest BCUT2D eigenvalue weighted by Crippen LogP contribution is -2.42. The number of hydrogen-bond donors (Lipinski definition) is 1. The zero-order chi connectivity index (χ0) is 12.3. The van der Waals surface area contributed by atoms with Gasteiger partial charge >= 0.3 is 0 Å². The molecule has 0 aliphatic carbocycles. The molecule has 2 heterocycles. The van der Waals surface area contributed by atoms with Gasteiger partial charge in [0.05, 0.1) is 16.7 Å². The van der Waals surface area contributed by atoms with E-state index in [4.69, 9.17) is 5.73 Å². The molecule has 94 valence electrons. The second-order valence-electron chi connectivity index (χ2n) is 3.87. The molecule has 1 aliphatic rings. The van der Waals surface area contributed by atoms with Crippen LogP contribution < -0.4 is 5.73 Å². The van der Waals surface area contributed by atoms with Crippen molar-refractivity contribution in [3.8, 4) is 0 Å². The van der Waals surface area contributed by atoms with Crippen LogP contribution in [0.5, 0.6) is 0 Å². The van der Waals surface area contributed by atoms with Gasteiger partial charge in [0, 0.05) is 37.8 Å². The number of guanidine groups is 1. The Morgan fingerprint density at radius 3 is 2.88 bits per heavy atom. The third kappa shape index (κ3) is 3.38. The fourth-order valence-corrected chi connectivity index (χ4v) is 3.07. The normalized spacial score (nSPS) is 17.5. The highest BCUT2D eigenvalue weighted by atomic mass is 79.9. The van der Waals surface area contributed by atoms with Crippen LogP contribution in [-0.2, 0) is 13.6 Å². The lowest BCUT2D eigenvalue weighted by Gasteiger charge is -2.27. The zero-order valence-electron chi connectivity index (χ0n) is 9.77. The average Bonchev–Trinajstić information content (AvgIpc) is 2.66. The van der Waals surface area contributed by atoms with Gasteiger partial charge in [-0.05, 0) is 15.9 Å². The van der Waals surface area contributed by atoms with Crippen molar-refractivity contribution in [3.63, 3.8) is 0 Å². The van der Waals surface area contributed by atoms with E-state index in [9.17, 15) is 0 Å². The van der Waals surface area contributed by atoms with E-state index in [0.717, 1.165) is 34.8 Å². The topological polar surface area (TPSA) is 59.4 Å². The Bertz CT molecular complexity index is 411. The van der Waals surface area contributed by atoms with Crippen LogP contribution in [0.1, 0.15) is 5.69 Å². The highest BCUT2D eigenvalue weighted by Crippen LogP contribution is 2.15. The van der Waals surface area contributed by atoms with Gasteiger partial charge in [-0.15, -0.1) is 0 Å². The maximum Gasteiger partial charge on any atom is 0.191 e.